The molecule has 2 aromatic rings. The van der Waals surface area contributed by atoms with Crippen LogP contribution in [-0.4, -0.2) is 17.8 Å². The monoisotopic (exact) mass is 336 g/mol. The summed E-state index contributed by atoms with van der Waals surface area (Å²) < 4.78 is 5.17. The van der Waals surface area contributed by atoms with Crippen LogP contribution in [0.3, 0.4) is 0 Å². The third kappa shape index (κ3) is 3.74. The van der Waals surface area contributed by atoms with Crippen molar-refractivity contribution in [3.8, 4) is 0 Å². The summed E-state index contributed by atoms with van der Waals surface area (Å²) in [5, 5.41) is 4.94. The van der Waals surface area contributed by atoms with E-state index in [2.05, 4.69) is 10.6 Å². The van der Waals surface area contributed by atoms with Crippen molar-refractivity contribution < 1.29 is 19.1 Å². The second-order valence-electron chi connectivity index (χ2n) is 5.59. The van der Waals surface area contributed by atoms with Gasteiger partial charge in [-0.1, -0.05) is 48.0 Å². The Kier molecular flexibility index (Phi) is 4.61. The van der Waals surface area contributed by atoms with E-state index in [4.69, 9.17) is 4.74 Å². The molecule has 0 unspecified atom stereocenters. The van der Waals surface area contributed by atoms with Gasteiger partial charge in [0.2, 0.25) is 0 Å². The van der Waals surface area contributed by atoms with Crippen molar-refractivity contribution in [1.82, 2.24) is 5.32 Å². The second kappa shape index (κ2) is 7.00. The van der Waals surface area contributed by atoms with E-state index in [0.29, 0.717) is 5.69 Å². The van der Waals surface area contributed by atoms with Crippen molar-refractivity contribution >= 4 is 23.5 Å². The van der Waals surface area contributed by atoms with Crippen molar-refractivity contribution in [2.24, 2.45) is 0 Å². The number of rotatable bonds is 5. The van der Waals surface area contributed by atoms with Crippen LogP contribution >= 0.6 is 0 Å². The van der Waals surface area contributed by atoms with Crippen LogP contribution in [0.2, 0.25) is 0 Å². The number of esters is 1. The molecule has 6 heteroatoms. The molecule has 0 saturated heterocycles. The van der Waals surface area contributed by atoms with E-state index in [1.54, 1.807) is 24.3 Å². The van der Waals surface area contributed by atoms with Crippen LogP contribution in [0.5, 0.6) is 0 Å². The molecule has 2 aromatic carbocycles. The molecule has 126 valence electrons. The maximum Gasteiger partial charge on any atom is 0.346 e. The van der Waals surface area contributed by atoms with Gasteiger partial charge < -0.3 is 10.1 Å². The zero-order valence-corrected chi connectivity index (χ0v) is 13.5. The van der Waals surface area contributed by atoms with Crippen LogP contribution in [0.1, 0.15) is 11.1 Å². The Labute approximate surface area is 144 Å². The quantitative estimate of drug-likeness (QED) is 0.496. The first-order chi connectivity index (χ1) is 12.0. The molecule has 1 aliphatic heterocycles. The maximum absolute atomic E-state index is 12.3. The lowest BCUT2D eigenvalue weighted by Crippen LogP contribution is -2.25. The highest BCUT2D eigenvalue weighted by Gasteiger charge is 2.36. The van der Waals surface area contributed by atoms with Gasteiger partial charge in [0, 0.05) is 5.69 Å². The summed E-state index contributed by atoms with van der Waals surface area (Å²) in [5.41, 5.74) is 2.01. The predicted molar refractivity (Wildman–Crippen MR) is 91.2 cm³/mol. The van der Waals surface area contributed by atoms with Crippen LogP contribution in [0.25, 0.3) is 0 Å². The Hall–Kier alpha value is -3.41. The minimum Gasteiger partial charge on any atom is -0.457 e. The number of carbonyl (C=O) groups excluding carboxylic acids is 3. The van der Waals surface area contributed by atoms with Gasteiger partial charge in [0.15, 0.2) is 5.57 Å². The fraction of sp³-hybridized carbons (Fsp3) is 0.105. The molecule has 0 aromatic heterocycles. The van der Waals surface area contributed by atoms with E-state index in [1.807, 2.05) is 37.3 Å². The van der Waals surface area contributed by atoms with Crippen LogP contribution in [0.15, 0.2) is 65.9 Å². The van der Waals surface area contributed by atoms with E-state index in [1.165, 1.54) is 0 Å². The summed E-state index contributed by atoms with van der Waals surface area (Å²) >= 11 is 0. The van der Waals surface area contributed by atoms with Gasteiger partial charge in [-0.05, 0) is 24.6 Å². The second-order valence-corrected chi connectivity index (χ2v) is 5.59. The zero-order chi connectivity index (χ0) is 17.8. The van der Waals surface area contributed by atoms with E-state index in [9.17, 15) is 14.4 Å². The molecular formula is C19H16N2O4. The fourth-order valence-corrected chi connectivity index (χ4v) is 2.35. The summed E-state index contributed by atoms with van der Waals surface area (Å²) in [6.07, 6.45) is 0. The van der Waals surface area contributed by atoms with E-state index in [0.717, 1.165) is 11.1 Å². The highest BCUT2D eigenvalue weighted by Crippen LogP contribution is 2.19. The minimum atomic E-state index is -0.846. The standard InChI is InChI=1S/C19H16N2O4/c1-12-7-9-14(10-8-12)20-16-15(17(22)21-18(16)23)19(24)25-11-13-5-3-2-4-6-13/h2-10H,11H2,1H3,(H2,20,21,22,23). The van der Waals surface area contributed by atoms with Gasteiger partial charge in [0.1, 0.15) is 12.3 Å². The van der Waals surface area contributed by atoms with Gasteiger partial charge in [-0.25, -0.2) is 4.79 Å². The van der Waals surface area contributed by atoms with Gasteiger partial charge in [-0.15, -0.1) is 0 Å². The number of ether oxygens (including phenoxy) is 1. The Balaban J connectivity index is 1.80. The molecule has 1 aliphatic rings. The third-order valence-electron chi connectivity index (χ3n) is 3.67. The highest BCUT2D eigenvalue weighted by atomic mass is 16.5. The third-order valence-corrected chi connectivity index (χ3v) is 3.67. The number of nitrogens with one attached hydrogen (secondary N) is 2. The number of imide groups is 1. The summed E-state index contributed by atoms with van der Waals surface area (Å²) in [6, 6.07) is 16.3. The lowest BCUT2D eigenvalue weighted by atomic mass is 10.2. The molecule has 0 radical (unpaired) electrons. The van der Waals surface area contributed by atoms with Crippen molar-refractivity contribution in [3.63, 3.8) is 0 Å². The molecule has 3 rings (SSSR count). The average molecular weight is 336 g/mol. The molecule has 2 N–H and O–H groups in total. The first kappa shape index (κ1) is 16.4. The van der Waals surface area contributed by atoms with E-state index >= 15 is 0 Å². The Bertz CT molecular complexity index is 855. The molecular weight excluding hydrogens is 320 g/mol. The molecule has 0 atom stereocenters. The lowest BCUT2D eigenvalue weighted by Gasteiger charge is -2.08. The summed E-state index contributed by atoms with van der Waals surface area (Å²) in [4.78, 5) is 36.2. The van der Waals surface area contributed by atoms with Gasteiger partial charge in [-0.2, -0.15) is 0 Å². The lowest BCUT2D eigenvalue weighted by molar-refractivity contribution is -0.141. The Morgan fingerprint density at radius 3 is 2.36 bits per heavy atom. The van der Waals surface area contributed by atoms with Crippen LogP contribution in [0, 0.1) is 6.92 Å². The van der Waals surface area contributed by atoms with E-state index in [-0.39, 0.29) is 17.9 Å². The first-order valence-corrected chi connectivity index (χ1v) is 7.69. The van der Waals surface area contributed by atoms with Crippen molar-refractivity contribution in [3.05, 3.63) is 77.0 Å². The molecule has 0 spiro atoms. The molecule has 25 heavy (non-hydrogen) atoms. The summed E-state index contributed by atoms with van der Waals surface area (Å²) in [5.74, 6) is -2.27. The number of carbonyl (C=O) groups is 3. The fourth-order valence-electron chi connectivity index (χ4n) is 2.35. The van der Waals surface area contributed by atoms with Gasteiger partial charge in [0.25, 0.3) is 11.8 Å². The first-order valence-electron chi connectivity index (χ1n) is 7.69. The van der Waals surface area contributed by atoms with Crippen molar-refractivity contribution in [2.75, 3.05) is 5.32 Å². The van der Waals surface area contributed by atoms with Crippen molar-refractivity contribution in [2.45, 2.75) is 13.5 Å². The molecule has 2 amide bonds. The number of aryl methyl sites for hydroxylation is 1. The molecule has 6 nitrogen and oxygen atoms in total. The maximum atomic E-state index is 12.3. The molecule has 0 saturated carbocycles. The number of anilines is 1. The number of hydrogen-bond donors (Lipinski definition) is 2. The Morgan fingerprint density at radius 2 is 1.68 bits per heavy atom. The van der Waals surface area contributed by atoms with Gasteiger partial charge in [-0.3, -0.25) is 14.9 Å². The normalized spacial score (nSPS) is 13.6. The largest absolute Gasteiger partial charge is 0.457 e. The van der Waals surface area contributed by atoms with Crippen LogP contribution in [0.4, 0.5) is 5.69 Å². The summed E-state index contributed by atoms with van der Waals surface area (Å²) in [6.45, 7) is 1.95. The Morgan fingerprint density at radius 1 is 1.00 bits per heavy atom. The van der Waals surface area contributed by atoms with Crippen LogP contribution < -0.4 is 10.6 Å². The molecule has 0 aliphatic carbocycles. The summed E-state index contributed by atoms with van der Waals surface area (Å²) in [7, 11) is 0. The number of amides is 2. The minimum absolute atomic E-state index is 0.0163. The number of hydrogen-bond acceptors (Lipinski definition) is 5. The average Bonchev–Trinajstić information content (AvgIpc) is 2.89. The topological polar surface area (TPSA) is 84.5 Å². The highest BCUT2D eigenvalue weighted by molar-refractivity contribution is 6.31. The molecule has 1 heterocycles. The molecule has 0 bridgehead atoms. The molecule has 0 fully saturated rings. The SMILES string of the molecule is Cc1ccc(NC2=C(C(=O)OCc3ccccc3)C(=O)NC2=O)cc1. The smallest absolute Gasteiger partial charge is 0.346 e. The zero-order valence-electron chi connectivity index (χ0n) is 13.5. The van der Waals surface area contributed by atoms with Gasteiger partial charge in [0.05, 0.1) is 0 Å². The predicted octanol–water partition coefficient (Wildman–Crippen LogP) is 2.06. The van der Waals surface area contributed by atoms with Crippen molar-refractivity contribution in [1.29, 1.82) is 0 Å². The van der Waals surface area contributed by atoms with E-state index < -0.39 is 17.8 Å². The van der Waals surface area contributed by atoms with Crippen LogP contribution in [-0.2, 0) is 25.7 Å². The van der Waals surface area contributed by atoms with Gasteiger partial charge >= 0.3 is 5.97 Å². The number of benzene rings is 2.